The second kappa shape index (κ2) is 7.64. The van der Waals surface area contributed by atoms with E-state index in [1.807, 2.05) is 6.92 Å². The number of amides is 1. The van der Waals surface area contributed by atoms with Crippen LogP contribution in [0, 0.1) is 6.92 Å². The Morgan fingerprint density at radius 2 is 1.72 bits per heavy atom. The number of halogens is 2. The number of carbonyl (C=O) groups excluding carboxylic acids is 1. The molecular weight excluding hydrogens is 383 g/mol. The lowest BCUT2D eigenvalue weighted by atomic mass is 10.2. The van der Waals surface area contributed by atoms with Crippen molar-refractivity contribution >= 4 is 50.5 Å². The van der Waals surface area contributed by atoms with Gasteiger partial charge in [0.1, 0.15) is 6.04 Å². The van der Waals surface area contributed by atoms with E-state index >= 15 is 0 Å². The SMILES string of the molecule is Cc1ccc(N(C(C)C(=O)Nc2ccc(Cl)cc2)S(C)(=O)=O)cc1Cl. The lowest BCUT2D eigenvalue weighted by Gasteiger charge is -2.28. The van der Waals surface area contributed by atoms with Gasteiger partial charge in [0.15, 0.2) is 0 Å². The summed E-state index contributed by atoms with van der Waals surface area (Å²) in [6, 6.07) is 10.4. The van der Waals surface area contributed by atoms with Gasteiger partial charge in [0.05, 0.1) is 11.9 Å². The van der Waals surface area contributed by atoms with E-state index in [2.05, 4.69) is 5.32 Å². The zero-order valence-electron chi connectivity index (χ0n) is 14.0. The van der Waals surface area contributed by atoms with Crippen LogP contribution in [0.4, 0.5) is 11.4 Å². The van der Waals surface area contributed by atoms with Crippen LogP contribution >= 0.6 is 23.2 Å². The van der Waals surface area contributed by atoms with Crippen LogP contribution in [0.1, 0.15) is 12.5 Å². The minimum absolute atomic E-state index is 0.330. The van der Waals surface area contributed by atoms with Crippen molar-refractivity contribution in [1.29, 1.82) is 0 Å². The standard InChI is InChI=1S/C17H18Cl2N2O3S/c1-11-4-9-15(10-16(11)19)21(25(3,23)24)12(2)17(22)20-14-7-5-13(18)6-8-14/h4-10,12H,1-3H3,(H,20,22). The Labute approximate surface area is 157 Å². The van der Waals surface area contributed by atoms with E-state index in [4.69, 9.17) is 23.2 Å². The van der Waals surface area contributed by atoms with E-state index in [1.165, 1.54) is 13.0 Å². The van der Waals surface area contributed by atoms with Crippen molar-refractivity contribution in [1.82, 2.24) is 0 Å². The van der Waals surface area contributed by atoms with E-state index < -0.39 is 22.0 Å². The van der Waals surface area contributed by atoms with E-state index in [-0.39, 0.29) is 0 Å². The van der Waals surface area contributed by atoms with E-state index in [0.29, 0.717) is 21.4 Å². The molecule has 0 saturated carbocycles. The maximum absolute atomic E-state index is 12.5. The number of rotatable bonds is 5. The normalized spacial score (nSPS) is 12.5. The number of anilines is 2. The van der Waals surface area contributed by atoms with E-state index in [9.17, 15) is 13.2 Å². The molecular formula is C17H18Cl2N2O3S. The van der Waals surface area contributed by atoms with Crippen LogP contribution < -0.4 is 9.62 Å². The first kappa shape index (κ1) is 19.6. The summed E-state index contributed by atoms with van der Waals surface area (Å²) in [5, 5.41) is 3.65. The van der Waals surface area contributed by atoms with Gasteiger partial charge in [0, 0.05) is 15.7 Å². The van der Waals surface area contributed by atoms with Gasteiger partial charge in [-0.25, -0.2) is 8.42 Å². The summed E-state index contributed by atoms with van der Waals surface area (Å²) in [6.45, 7) is 3.33. The van der Waals surface area contributed by atoms with Crippen LogP contribution in [0.15, 0.2) is 42.5 Å². The summed E-state index contributed by atoms with van der Waals surface area (Å²) >= 11 is 11.9. The maximum Gasteiger partial charge on any atom is 0.247 e. The molecule has 0 fully saturated rings. The minimum Gasteiger partial charge on any atom is -0.324 e. The zero-order chi connectivity index (χ0) is 18.8. The summed E-state index contributed by atoms with van der Waals surface area (Å²) in [5.74, 6) is -0.468. The van der Waals surface area contributed by atoms with Gasteiger partial charge in [-0.3, -0.25) is 9.10 Å². The van der Waals surface area contributed by atoms with Crippen molar-refractivity contribution in [2.45, 2.75) is 19.9 Å². The number of benzene rings is 2. The predicted molar refractivity (Wildman–Crippen MR) is 103 cm³/mol. The molecule has 0 bridgehead atoms. The average Bonchev–Trinajstić information content (AvgIpc) is 2.51. The molecule has 134 valence electrons. The lowest BCUT2D eigenvalue weighted by Crippen LogP contribution is -2.45. The van der Waals surface area contributed by atoms with Crippen molar-refractivity contribution in [3.8, 4) is 0 Å². The van der Waals surface area contributed by atoms with Crippen molar-refractivity contribution < 1.29 is 13.2 Å². The fourth-order valence-electron chi connectivity index (χ4n) is 2.31. The molecule has 1 N–H and O–H groups in total. The highest BCUT2D eigenvalue weighted by atomic mass is 35.5. The molecule has 0 heterocycles. The summed E-state index contributed by atoms with van der Waals surface area (Å²) < 4.78 is 25.6. The Balaban J connectivity index is 2.32. The highest BCUT2D eigenvalue weighted by Gasteiger charge is 2.29. The van der Waals surface area contributed by atoms with Crippen molar-refractivity contribution in [2.24, 2.45) is 0 Å². The largest absolute Gasteiger partial charge is 0.324 e. The van der Waals surface area contributed by atoms with Crippen LogP contribution in [-0.4, -0.2) is 26.6 Å². The number of aryl methyl sites for hydroxylation is 1. The molecule has 5 nitrogen and oxygen atoms in total. The molecule has 0 aliphatic heterocycles. The van der Waals surface area contributed by atoms with Gasteiger partial charge < -0.3 is 5.32 Å². The number of hydrogen-bond donors (Lipinski definition) is 1. The molecule has 2 rings (SSSR count). The quantitative estimate of drug-likeness (QED) is 0.821. The molecule has 0 radical (unpaired) electrons. The van der Waals surface area contributed by atoms with Gasteiger partial charge in [0.25, 0.3) is 0 Å². The molecule has 25 heavy (non-hydrogen) atoms. The molecule has 1 atom stereocenters. The summed E-state index contributed by atoms with van der Waals surface area (Å²) in [7, 11) is -3.70. The Morgan fingerprint density at radius 1 is 1.12 bits per heavy atom. The van der Waals surface area contributed by atoms with Crippen LogP contribution in [0.5, 0.6) is 0 Å². The zero-order valence-corrected chi connectivity index (χ0v) is 16.3. The number of hydrogen-bond acceptors (Lipinski definition) is 3. The number of nitrogens with one attached hydrogen (secondary N) is 1. The number of nitrogens with zero attached hydrogens (tertiary/aromatic N) is 1. The molecule has 0 aliphatic carbocycles. The first-order valence-electron chi connectivity index (χ1n) is 7.41. The topological polar surface area (TPSA) is 66.5 Å². The van der Waals surface area contributed by atoms with Crippen molar-refractivity contribution in [2.75, 3.05) is 15.9 Å². The maximum atomic E-state index is 12.5. The van der Waals surface area contributed by atoms with Crippen molar-refractivity contribution in [3.05, 3.63) is 58.1 Å². The second-order valence-electron chi connectivity index (χ2n) is 5.66. The number of sulfonamides is 1. The van der Waals surface area contributed by atoms with Gasteiger partial charge in [-0.05, 0) is 55.8 Å². The summed E-state index contributed by atoms with van der Waals surface area (Å²) in [5.41, 5.74) is 1.67. The van der Waals surface area contributed by atoms with Gasteiger partial charge >= 0.3 is 0 Å². The Bertz CT molecular complexity index is 883. The Hall–Kier alpha value is -1.76. The van der Waals surface area contributed by atoms with Gasteiger partial charge in [-0.2, -0.15) is 0 Å². The first-order valence-corrected chi connectivity index (χ1v) is 10.0. The Kier molecular flexibility index (Phi) is 5.98. The molecule has 8 heteroatoms. The summed E-state index contributed by atoms with van der Waals surface area (Å²) in [6.07, 6.45) is 1.05. The highest BCUT2D eigenvalue weighted by molar-refractivity contribution is 7.92. The molecule has 0 saturated heterocycles. The Morgan fingerprint density at radius 3 is 2.24 bits per heavy atom. The minimum atomic E-state index is -3.70. The fraction of sp³-hybridized carbons (Fsp3) is 0.235. The third-order valence-corrected chi connectivity index (χ3v) is 5.51. The molecule has 1 unspecified atom stereocenters. The first-order chi connectivity index (χ1) is 11.6. The van der Waals surface area contributed by atoms with Gasteiger partial charge in [0.2, 0.25) is 15.9 Å². The third-order valence-electron chi connectivity index (χ3n) is 3.61. The molecule has 1 amide bonds. The number of carbonyl (C=O) groups is 1. The van der Waals surface area contributed by atoms with E-state index in [0.717, 1.165) is 16.1 Å². The smallest absolute Gasteiger partial charge is 0.247 e. The van der Waals surface area contributed by atoms with Gasteiger partial charge in [-0.1, -0.05) is 29.3 Å². The van der Waals surface area contributed by atoms with Crippen LogP contribution in [0.2, 0.25) is 10.0 Å². The van der Waals surface area contributed by atoms with Crippen LogP contribution in [-0.2, 0) is 14.8 Å². The van der Waals surface area contributed by atoms with Crippen LogP contribution in [0.25, 0.3) is 0 Å². The van der Waals surface area contributed by atoms with Crippen LogP contribution in [0.3, 0.4) is 0 Å². The monoisotopic (exact) mass is 400 g/mol. The second-order valence-corrected chi connectivity index (χ2v) is 8.37. The third kappa shape index (κ3) is 4.87. The molecule has 0 spiro atoms. The van der Waals surface area contributed by atoms with E-state index in [1.54, 1.807) is 36.4 Å². The molecule has 2 aromatic carbocycles. The van der Waals surface area contributed by atoms with Gasteiger partial charge in [-0.15, -0.1) is 0 Å². The average molecular weight is 401 g/mol. The summed E-state index contributed by atoms with van der Waals surface area (Å²) in [4.78, 5) is 12.5. The molecule has 2 aromatic rings. The predicted octanol–water partition coefficient (Wildman–Crippen LogP) is 4.10. The molecule has 0 aromatic heterocycles. The fourth-order valence-corrected chi connectivity index (χ4v) is 3.78. The van der Waals surface area contributed by atoms with Crippen molar-refractivity contribution in [3.63, 3.8) is 0 Å². The highest BCUT2D eigenvalue weighted by Crippen LogP contribution is 2.27. The molecule has 0 aliphatic rings. The lowest BCUT2D eigenvalue weighted by molar-refractivity contribution is -0.116.